The van der Waals surface area contributed by atoms with Crippen LogP contribution in [0.2, 0.25) is 0 Å². The molecule has 0 aromatic rings. The molecule has 0 saturated carbocycles. The third-order valence-electron chi connectivity index (χ3n) is 7.52. The van der Waals surface area contributed by atoms with Crippen LogP contribution >= 0.6 is 0 Å². The Balaban J connectivity index is 2.22. The van der Waals surface area contributed by atoms with Crippen molar-refractivity contribution >= 4 is 17.7 Å². The minimum absolute atomic E-state index is 0.0532. The highest BCUT2D eigenvalue weighted by Crippen LogP contribution is 2.26. The number of carbonyl (C=O) groups is 3. The molecule has 1 N–H and O–H groups in total. The summed E-state index contributed by atoms with van der Waals surface area (Å²) in [5.41, 5.74) is 0.224. The van der Waals surface area contributed by atoms with E-state index in [9.17, 15) is 14.4 Å². The molecule has 34 heavy (non-hydrogen) atoms. The first-order chi connectivity index (χ1) is 15.8. The number of carbonyl (C=O) groups excluding carboxylic acids is 3. The summed E-state index contributed by atoms with van der Waals surface area (Å²) in [4.78, 5) is 45.7. The van der Waals surface area contributed by atoms with Crippen LogP contribution < -0.4 is 5.32 Å². The number of nitrogens with one attached hydrogen (secondary N) is 1. The van der Waals surface area contributed by atoms with Crippen molar-refractivity contribution in [3.63, 3.8) is 0 Å². The van der Waals surface area contributed by atoms with Gasteiger partial charge < -0.3 is 15.1 Å². The maximum Gasteiger partial charge on any atom is 0.249 e. The number of rotatable bonds is 7. The van der Waals surface area contributed by atoms with Gasteiger partial charge in [-0.2, -0.15) is 0 Å². The number of piperidine rings is 1. The first-order valence-electron chi connectivity index (χ1n) is 13.0. The van der Waals surface area contributed by atoms with Crippen LogP contribution in [0.5, 0.6) is 0 Å². The number of hydrogen-bond acceptors (Lipinski definition) is 4. The largest absolute Gasteiger partial charge is 0.342 e. The average Bonchev–Trinajstić information content (AvgIpc) is 3.19. The molecule has 1 unspecified atom stereocenters. The molecule has 7 nitrogen and oxygen atoms in total. The van der Waals surface area contributed by atoms with Crippen LogP contribution in [0.4, 0.5) is 0 Å². The van der Waals surface area contributed by atoms with Gasteiger partial charge in [0.05, 0.1) is 12.1 Å². The van der Waals surface area contributed by atoms with Crippen molar-refractivity contribution in [2.75, 3.05) is 27.2 Å². The van der Waals surface area contributed by atoms with Gasteiger partial charge in [0.2, 0.25) is 17.7 Å². The molecule has 2 fully saturated rings. The second-order valence-electron chi connectivity index (χ2n) is 11.8. The van der Waals surface area contributed by atoms with Crippen LogP contribution in [0.15, 0.2) is 11.6 Å². The predicted molar refractivity (Wildman–Crippen MR) is 137 cm³/mol. The normalized spacial score (nSPS) is 24.2. The molecule has 4 atom stereocenters. The van der Waals surface area contributed by atoms with E-state index < -0.39 is 11.5 Å². The maximum atomic E-state index is 13.8. The van der Waals surface area contributed by atoms with E-state index >= 15 is 0 Å². The van der Waals surface area contributed by atoms with Crippen molar-refractivity contribution in [2.45, 2.75) is 105 Å². The quantitative estimate of drug-likeness (QED) is 0.572. The minimum Gasteiger partial charge on any atom is -0.342 e. The Kier molecular flexibility index (Phi) is 9.75. The van der Waals surface area contributed by atoms with E-state index in [1.54, 1.807) is 11.9 Å². The summed E-state index contributed by atoms with van der Waals surface area (Å²) in [6.45, 7) is 15.7. The summed E-state index contributed by atoms with van der Waals surface area (Å²) in [6.07, 6.45) is 6.95. The van der Waals surface area contributed by atoms with E-state index in [1.807, 2.05) is 45.7 Å². The molecule has 0 radical (unpaired) electrons. The fourth-order valence-corrected chi connectivity index (χ4v) is 5.18. The Hall–Kier alpha value is -1.89. The summed E-state index contributed by atoms with van der Waals surface area (Å²) >= 11 is 0. The average molecular weight is 477 g/mol. The molecule has 3 amide bonds. The summed E-state index contributed by atoms with van der Waals surface area (Å²) in [5, 5.41) is 3.09. The minimum atomic E-state index is -0.649. The Labute approximate surface area is 207 Å². The smallest absolute Gasteiger partial charge is 0.249 e. The lowest BCUT2D eigenvalue weighted by atomic mass is 9.84. The zero-order chi connectivity index (χ0) is 25.8. The fourth-order valence-electron chi connectivity index (χ4n) is 5.18. The van der Waals surface area contributed by atoms with Gasteiger partial charge in [-0.15, -0.1) is 0 Å². The summed E-state index contributed by atoms with van der Waals surface area (Å²) in [5.74, 6) is -0.0232. The van der Waals surface area contributed by atoms with Gasteiger partial charge in [-0.05, 0) is 64.5 Å². The molecular weight excluding hydrogens is 428 g/mol. The number of amides is 3. The van der Waals surface area contributed by atoms with Gasteiger partial charge in [0.15, 0.2) is 0 Å². The van der Waals surface area contributed by atoms with Crippen LogP contribution in [0.3, 0.4) is 0 Å². The standard InChI is InChI=1S/C27H48N4O3/c1-18(2)22(17-19(3)25(33)31-16-12-13-20(31)4)30(9)26(34)23(27(5,6)7)28-24(32)21-14-10-11-15-29(21)8/h17-18,20-23H,10-16H2,1-9H3,(H,28,32)/b19-17+/t20-,21?,22-,23-/m1/s1. The number of hydrogen-bond donors (Lipinski definition) is 1. The molecule has 2 heterocycles. The second kappa shape index (κ2) is 11.7. The van der Waals surface area contributed by atoms with Crippen LogP contribution in [-0.4, -0.2) is 83.8 Å². The van der Waals surface area contributed by atoms with Crippen molar-refractivity contribution in [1.29, 1.82) is 0 Å². The van der Waals surface area contributed by atoms with Crippen molar-refractivity contribution in [2.24, 2.45) is 11.3 Å². The van der Waals surface area contributed by atoms with Gasteiger partial charge in [-0.25, -0.2) is 0 Å². The zero-order valence-corrected chi connectivity index (χ0v) is 23.0. The van der Waals surface area contributed by atoms with Crippen LogP contribution in [0, 0.1) is 11.3 Å². The molecule has 194 valence electrons. The number of likely N-dealkylation sites (tertiary alicyclic amines) is 2. The molecular formula is C27H48N4O3. The molecule has 2 aliphatic rings. The topological polar surface area (TPSA) is 73.0 Å². The lowest BCUT2D eigenvalue weighted by molar-refractivity contribution is -0.141. The van der Waals surface area contributed by atoms with E-state index in [2.05, 4.69) is 31.0 Å². The first-order valence-corrected chi connectivity index (χ1v) is 13.0. The Morgan fingerprint density at radius 3 is 2.21 bits per heavy atom. The van der Waals surface area contributed by atoms with Gasteiger partial charge >= 0.3 is 0 Å². The van der Waals surface area contributed by atoms with Gasteiger partial charge in [-0.3, -0.25) is 19.3 Å². The van der Waals surface area contributed by atoms with Crippen molar-refractivity contribution in [3.8, 4) is 0 Å². The number of likely N-dealkylation sites (N-methyl/N-ethyl adjacent to an activating group) is 2. The van der Waals surface area contributed by atoms with Crippen molar-refractivity contribution < 1.29 is 14.4 Å². The summed E-state index contributed by atoms with van der Waals surface area (Å²) in [6, 6.07) is -0.830. The SMILES string of the molecule is C/C(=C\[C@H](C(C)C)N(C)C(=O)[C@@H](NC(=O)C1CCCCN1C)C(C)(C)C)C(=O)N1CCC[C@H]1C. The zero-order valence-electron chi connectivity index (χ0n) is 23.0. The highest BCUT2D eigenvalue weighted by molar-refractivity contribution is 5.94. The Morgan fingerprint density at radius 1 is 1.06 bits per heavy atom. The summed E-state index contributed by atoms with van der Waals surface area (Å²) in [7, 11) is 3.77. The molecule has 0 aliphatic carbocycles. The third-order valence-corrected chi connectivity index (χ3v) is 7.52. The Morgan fingerprint density at radius 2 is 1.71 bits per heavy atom. The number of nitrogens with zero attached hydrogens (tertiary/aromatic N) is 3. The predicted octanol–water partition coefficient (Wildman–Crippen LogP) is 3.44. The molecule has 0 bridgehead atoms. The second-order valence-corrected chi connectivity index (χ2v) is 11.8. The molecule has 2 saturated heterocycles. The van der Waals surface area contributed by atoms with Gasteiger partial charge in [-0.1, -0.05) is 47.1 Å². The van der Waals surface area contributed by atoms with E-state index in [4.69, 9.17) is 0 Å². The van der Waals surface area contributed by atoms with Crippen LogP contribution in [0.1, 0.15) is 80.6 Å². The fraction of sp³-hybridized carbons (Fsp3) is 0.815. The van der Waals surface area contributed by atoms with E-state index in [0.717, 1.165) is 45.2 Å². The highest BCUT2D eigenvalue weighted by Gasteiger charge is 2.39. The van der Waals surface area contributed by atoms with E-state index in [-0.39, 0.29) is 41.8 Å². The summed E-state index contributed by atoms with van der Waals surface area (Å²) < 4.78 is 0. The lowest BCUT2D eigenvalue weighted by Gasteiger charge is -2.39. The molecule has 2 rings (SSSR count). The molecule has 2 aliphatic heterocycles. The third kappa shape index (κ3) is 6.83. The maximum absolute atomic E-state index is 13.8. The monoisotopic (exact) mass is 476 g/mol. The highest BCUT2D eigenvalue weighted by atomic mass is 16.2. The molecule has 7 heteroatoms. The van der Waals surface area contributed by atoms with E-state index in [0.29, 0.717) is 5.57 Å². The molecule has 0 spiro atoms. The van der Waals surface area contributed by atoms with Crippen LogP contribution in [0.25, 0.3) is 0 Å². The van der Waals surface area contributed by atoms with Crippen LogP contribution in [-0.2, 0) is 14.4 Å². The lowest BCUT2D eigenvalue weighted by Crippen LogP contribution is -2.59. The van der Waals surface area contributed by atoms with Crippen molar-refractivity contribution in [3.05, 3.63) is 11.6 Å². The Bertz CT molecular complexity index is 770. The van der Waals surface area contributed by atoms with Crippen molar-refractivity contribution in [1.82, 2.24) is 20.0 Å². The van der Waals surface area contributed by atoms with Gasteiger partial charge in [0, 0.05) is 25.2 Å². The van der Waals surface area contributed by atoms with Gasteiger partial charge in [0.1, 0.15) is 6.04 Å². The molecule has 0 aromatic carbocycles. The molecule has 0 aromatic heterocycles. The van der Waals surface area contributed by atoms with E-state index in [1.165, 1.54) is 0 Å². The first kappa shape index (κ1) is 28.3. The van der Waals surface area contributed by atoms with Gasteiger partial charge in [0.25, 0.3) is 0 Å².